The Bertz CT molecular complexity index is 3080. The van der Waals surface area contributed by atoms with E-state index in [1.807, 2.05) is 56.5 Å². The number of rotatable bonds is 35. The van der Waals surface area contributed by atoms with Crippen LogP contribution < -0.4 is 26.6 Å². The summed E-state index contributed by atoms with van der Waals surface area (Å²) in [7, 11) is 6.10. The van der Waals surface area contributed by atoms with Gasteiger partial charge in [-0.3, -0.25) is 52.8 Å². The molecule has 0 spiro atoms. The van der Waals surface area contributed by atoms with Crippen molar-refractivity contribution in [2.75, 3.05) is 84.8 Å². The second-order valence-electron chi connectivity index (χ2n) is 24.4. The molecule has 5 N–H and O–H groups in total. The topological polar surface area (TPSA) is 308 Å². The Hall–Kier alpha value is -8.21. The lowest BCUT2D eigenvalue weighted by molar-refractivity contribution is -0.154. The van der Waals surface area contributed by atoms with Gasteiger partial charge >= 0.3 is 6.09 Å². The van der Waals surface area contributed by atoms with Crippen LogP contribution in [0.15, 0.2) is 91.5 Å². The molecule has 2 unspecified atom stereocenters. The number of carbonyl (C=O) groups is 11. The van der Waals surface area contributed by atoms with Crippen molar-refractivity contribution in [1.82, 2.24) is 55.7 Å². The first-order valence-electron chi connectivity index (χ1n) is 31.9. The second kappa shape index (κ2) is 38.4. The quantitative estimate of drug-likeness (QED) is 0.0385. The van der Waals surface area contributed by atoms with Crippen LogP contribution in [-0.2, 0) is 75.2 Å². The van der Waals surface area contributed by atoms with Crippen molar-refractivity contribution in [3.8, 4) is 0 Å². The van der Waals surface area contributed by atoms with E-state index in [1.165, 1.54) is 45.1 Å². The molecular weight excluding hydrogens is 1260 g/mol. The van der Waals surface area contributed by atoms with Crippen LogP contribution in [0.2, 0.25) is 0 Å². The van der Waals surface area contributed by atoms with Gasteiger partial charge in [0.15, 0.2) is 0 Å². The second-order valence-corrected chi connectivity index (χ2v) is 26.4. The first-order valence-corrected chi connectivity index (χ1v) is 34.0. The van der Waals surface area contributed by atoms with Gasteiger partial charge in [-0.2, -0.15) is 11.8 Å². The van der Waals surface area contributed by atoms with E-state index < -0.39 is 109 Å². The molecule has 2 aliphatic heterocycles. The Labute approximate surface area is 566 Å². The summed E-state index contributed by atoms with van der Waals surface area (Å²) in [6.45, 7) is 19.0. The molecule has 0 radical (unpaired) electrons. The van der Waals surface area contributed by atoms with Crippen molar-refractivity contribution in [1.29, 1.82) is 0 Å². The predicted octanol–water partition coefficient (Wildman–Crippen LogP) is 4.94. The fourth-order valence-electron chi connectivity index (χ4n) is 11.6. The van der Waals surface area contributed by atoms with Crippen LogP contribution in [0.5, 0.6) is 0 Å². The molecule has 0 saturated carbocycles. The van der Waals surface area contributed by atoms with Crippen LogP contribution in [0.3, 0.4) is 0 Å². The van der Waals surface area contributed by atoms with E-state index in [1.54, 1.807) is 77.2 Å². The van der Waals surface area contributed by atoms with E-state index in [0.717, 1.165) is 39.4 Å². The van der Waals surface area contributed by atoms with Crippen molar-refractivity contribution >= 4 is 94.0 Å². The highest BCUT2D eigenvalue weighted by Crippen LogP contribution is 2.31. The van der Waals surface area contributed by atoms with E-state index in [9.17, 15) is 52.7 Å². The lowest BCUT2D eigenvalue weighted by Gasteiger charge is -2.41. The summed E-state index contributed by atoms with van der Waals surface area (Å²) in [5, 5.41) is 16.5. The van der Waals surface area contributed by atoms with E-state index in [2.05, 4.69) is 44.7 Å². The number of aromatic nitrogens is 1. The largest absolute Gasteiger partial charge is 0.445 e. The summed E-state index contributed by atoms with van der Waals surface area (Å²) in [5.74, 6) is -5.66. The maximum absolute atomic E-state index is 14.4. The molecule has 3 aromatic rings. The van der Waals surface area contributed by atoms with Gasteiger partial charge in [-0.1, -0.05) is 111 Å². The van der Waals surface area contributed by atoms with E-state index in [-0.39, 0.29) is 86.6 Å². The van der Waals surface area contributed by atoms with Gasteiger partial charge in [0.05, 0.1) is 81.5 Å². The average molecular weight is 1360 g/mol. The molecule has 2 aromatic carbocycles. The van der Waals surface area contributed by atoms with Gasteiger partial charge in [-0.05, 0) is 72.4 Å². The molecule has 3 heterocycles. The Kier molecular flexibility index (Phi) is 31.3. The molecule has 0 bridgehead atoms. The Morgan fingerprint density at radius 2 is 1.39 bits per heavy atom. The van der Waals surface area contributed by atoms with Gasteiger partial charge in [-0.15, -0.1) is 11.3 Å². The molecular formula is C67H96N12O14S2. The SMILES string of the molecule is C=CC(=O)N1CN(C(=O)C=C)CN(C(=O)CCSCC(=O)NC(C(=O)NCC(=O)Nc2ccc(COC(=O)N(C)C(C(=O)NCC(=O)N(C)[C@@H]([C@@H](C)CC)[C@@H](CC(=O)N3CCC[C@H]3[C@H](OC)[C@@H](C)C(=O)N[C@@H](Cc3ccccc3)c3nccs3)OC)C(C)C)cc2)C(C)C)C1. The van der Waals surface area contributed by atoms with Crippen molar-refractivity contribution in [2.24, 2.45) is 23.7 Å². The molecule has 2 aliphatic rings. The van der Waals surface area contributed by atoms with Gasteiger partial charge in [0.2, 0.25) is 59.1 Å². The standard InChI is InChI=1S/C67H96N12O14S2/c1-14-44(8)61(51(91-12)34-57(85)79-30-20-23-50(79)62(92-13)45(9)63(87)72-49(66-68-29-32-95-66)33-46-21-18-17-19-22-46)74(10)58(86)36-70-65(89)60(43(6)7)75(11)67(90)93-37-47-24-26-48(27-25-47)71-52(80)35-69-64(88)59(42(4)5)73-53(81)38-94-31-28-56(84)78-40-76(54(82)15-2)39-77(41-78)55(83)16-3/h15-19,21-22,24-27,29,32,42-45,49-51,59-62H,2-3,14,20,23,28,30-31,33-41H2,1,4-13H3,(H,69,88)(H,70,89)(H,71,80)(H,72,87)(H,73,81)/t44-,45+,49-,50-,51+,59?,60?,61-,62+/m0/s1. The number of methoxy groups -OCH3 is 2. The number of nitrogens with zero attached hydrogens (tertiary/aromatic N) is 7. The number of anilines is 1. The number of nitrogens with one attached hydrogen (secondary N) is 5. The lowest BCUT2D eigenvalue weighted by Crippen LogP contribution is -2.59. The zero-order valence-electron chi connectivity index (χ0n) is 56.5. The molecule has 520 valence electrons. The van der Waals surface area contributed by atoms with Crippen molar-refractivity contribution in [3.63, 3.8) is 0 Å². The minimum absolute atomic E-state index is 0.0126. The minimum atomic E-state index is -1.04. The molecule has 5 rings (SSSR count). The molecule has 0 aliphatic carbocycles. The molecule has 9 atom stereocenters. The maximum Gasteiger partial charge on any atom is 0.410 e. The summed E-state index contributed by atoms with van der Waals surface area (Å²) in [5.41, 5.74) is 1.98. The van der Waals surface area contributed by atoms with Gasteiger partial charge < -0.3 is 65.3 Å². The highest BCUT2D eigenvalue weighted by atomic mass is 32.2. The summed E-state index contributed by atoms with van der Waals surface area (Å²) in [6, 6.07) is 12.9. The van der Waals surface area contributed by atoms with Gasteiger partial charge in [-0.25, -0.2) is 9.78 Å². The number of thioether (sulfide) groups is 1. The fourth-order valence-corrected chi connectivity index (χ4v) is 13.0. The summed E-state index contributed by atoms with van der Waals surface area (Å²) >= 11 is 2.63. The Balaban J connectivity index is 1.06. The monoisotopic (exact) mass is 1360 g/mol. The van der Waals surface area contributed by atoms with Crippen molar-refractivity contribution in [2.45, 2.75) is 136 Å². The number of benzene rings is 2. The molecule has 26 nitrogen and oxygen atoms in total. The van der Waals surface area contributed by atoms with E-state index in [4.69, 9.17) is 14.2 Å². The summed E-state index contributed by atoms with van der Waals surface area (Å²) in [4.78, 5) is 159. The number of likely N-dealkylation sites (N-methyl/N-ethyl adjacent to an activating group) is 2. The maximum atomic E-state index is 14.4. The van der Waals surface area contributed by atoms with Crippen LogP contribution in [0.25, 0.3) is 0 Å². The summed E-state index contributed by atoms with van der Waals surface area (Å²) in [6.07, 6.45) is 4.21. The third-order valence-electron chi connectivity index (χ3n) is 17.0. The van der Waals surface area contributed by atoms with Crippen LogP contribution in [0, 0.1) is 23.7 Å². The summed E-state index contributed by atoms with van der Waals surface area (Å²) < 4.78 is 17.7. The number of likely N-dealkylation sites (tertiary alicyclic amines) is 1. The van der Waals surface area contributed by atoms with Crippen LogP contribution >= 0.6 is 23.1 Å². The Morgan fingerprint density at radius 1 is 0.747 bits per heavy atom. The Morgan fingerprint density at radius 3 is 1.97 bits per heavy atom. The molecule has 1 aromatic heterocycles. The zero-order valence-corrected chi connectivity index (χ0v) is 58.2. The van der Waals surface area contributed by atoms with Crippen LogP contribution in [-0.4, -0.2) is 215 Å². The smallest absolute Gasteiger partial charge is 0.410 e. The molecule has 28 heteroatoms. The number of thiazole rings is 1. The predicted molar refractivity (Wildman–Crippen MR) is 361 cm³/mol. The molecule has 95 heavy (non-hydrogen) atoms. The lowest BCUT2D eigenvalue weighted by atomic mass is 9.90. The van der Waals surface area contributed by atoms with E-state index >= 15 is 0 Å². The number of ether oxygens (including phenoxy) is 3. The number of hydrogen-bond donors (Lipinski definition) is 5. The molecule has 2 fully saturated rings. The minimum Gasteiger partial charge on any atom is -0.445 e. The van der Waals surface area contributed by atoms with Gasteiger partial charge in [0.1, 0.15) is 23.7 Å². The third-order valence-corrected chi connectivity index (χ3v) is 18.9. The zero-order chi connectivity index (χ0) is 70.1. The van der Waals surface area contributed by atoms with Crippen molar-refractivity contribution < 1.29 is 67.0 Å². The number of amides is 11. The average Bonchev–Trinajstić information content (AvgIpc) is 1.79. The highest BCUT2D eigenvalue weighted by Gasteiger charge is 2.43. The fraction of sp³-hybridized carbons (Fsp3) is 0.552. The van der Waals surface area contributed by atoms with Crippen LogP contribution in [0.4, 0.5) is 10.5 Å². The van der Waals surface area contributed by atoms with Crippen molar-refractivity contribution in [3.05, 3.63) is 108 Å². The van der Waals surface area contributed by atoms with Gasteiger partial charge in [0.25, 0.3) is 0 Å². The van der Waals surface area contributed by atoms with Gasteiger partial charge in [0, 0.05) is 64.3 Å². The third kappa shape index (κ3) is 22.7. The van der Waals surface area contributed by atoms with E-state index in [0.29, 0.717) is 43.5 Å². The first-order chi connectivity index (χ1) is 45.3. The normalized spacial score (nSPS) is 16.4. The highest BCUT2D eigenvalue weighted by molar-refractivity contribution is 7.99. The number of carbonyl (C=O) groups excluding carboxylic acids is 11. The van der Waals surface area contributed by atoms with Crippen LogP contribution in [0.1, 0.15) is 103 Å². The molecule has 2 saturated heterocycles. The molecule has 11 amide bonds. The number of hydrogen-bond acceptors (Lipinski definition) is 17. The first kappa shape index (κ1) is 77.5.